The van der Waals surface area contributed by atoms with E-state index >= 15 is 0 Å². The number of guanidine groups is 1. The zero-order valence-electron chi connectivity index (χ0n) is 12.4. The normalized spacial score (nSPS) is 20.1. The van der Waals surface area contributed by atoms with Crippen LogP contribution in [0.15, 0.2) is 29.3 Å². The molecule has 0 spiro atoms. The molecule has 5 heteroatoms. The van der Waals surface area contributed by atoms with Gasteiger partial charge in [0, 0.05) is 25.6 Å². The van der Waals surface area contributed by atoms with Crippen molar-refractivity contribution in [2.75, 3.05) is 26.7 Å². The van der Waals surface area contributed by atoms with E-state index in [1.165, 1.54) is 31.2 Å². The quantitative estimate of drug-likeness (QED) is 0.786. The van der Waals surface area contributed by atoms with Crippen LogP contribution in [-0.2, 0) is 5.41 Å². The third-order valence-electron chi connectivity index (χ3n) is 4.66. The Morgan fingerprint density at radius 3 is 2.48 bits per heavy atom. The summed E-state index contributed by atoms with van der Waals surface area (Å²) in [4.78, 5) is 6.65. The fraction of sp³-hybridized carbons (Fsp3) is 0.562. The highest BCUT2D eigenvalue weighted by Gasteiger charge is 2.36. The Balaban J connectivity index is 0.00000161. The molecule has 0 aromatic heterocycles. The molecule has 1 N–H and O–H groups in total. The van der Waals surface area contributed by atoms with Crippen LogP contribution in [0.25, 0.3) is 0 Å². The molecule has 3 rings (SSSR count). The second-order valence-electron chi connectivity index (χ2n) is 5.97. The standard InChI is InChI=1S/C16H22FN3.HI/c1-20-11-10-18-15(20)19-12-16(8-2-3-9-16)13-4-6-14(17)7-5-13;/h4-7H,2-3,8-12H2,1H3,(H,18,19);1H. The van der Waals surface area contributed by atoms with Gasteiger partial charge in [-0.1, -0.05) is 25.0 Å². The van der Waals surface area contributed by atoms with Crippen LogP contribution < -0.4 is 5.32 Å². The number of rotatable bonds is 3. The van der Waals surface area contributed by atoms with Crippen LogP contribution in [0.2, 0.25) is 0 Å². The van der Waals surface area contributed by atoms with Crippen LogP contribution >= 0.6 is 24.0 Å². The Bertz CT molecular complexity index is 495. The zero-order valence-corrected chi connectivity index (χ0v) is 14.8. The minimum absolute atomic E-state index is 0. The molecule has 1 saturated carbocycles. The number of aliphatic imine (C=N–C) groups is 1. The molecule has 1 aliphatic heterocycles. The van der Waals surface area contributed by atoms with E-state index in [-0.39, 0.29) is 35.2 Å². The van der Waals surface area contributed by atoms with Crippen molar-refractivity contribution in [2.45, 2.75) is 31.1 Å². The predicted molar refractivity (Wildman–Crippen MR) is 94.9 cm³/mol. The first kappa shape index (κ1) is 16.5. The molecule has 1 fully saturated rings. The molecule has 3 nitrogen and oxygen atoms in total. The number of nitrogens with zero attached hydrogens (tertiary/aromatic N) is 2. The highest BCUT2D eigenvalue weighted by molar-refractivity contribution is 14.0. The molecule has 0 unspecified atom stereocenters. The number of benzene rings is 1. The lowest BCUT2D eigenvalue weighted by Gasteiger charge is -2.31. The summed E-state index contributed by atoms with van der Waals surface area (Å²) in [6.45, 7) is 2.76. The molecule has 1 aromatic carbocycles. The van der Waals surface area contributed by atoms with Crippen molar-refractivity contribution in [2.24, 2.45) is 4.99 Å². The molecule has 2 aliphatic rings. The number of likely N-dealkylation sites (N-methyl/N-ethyl adjacent to an activating group) is 1. The van der Waals surface area contributed by atoms with E-state index in [2.05, 4.69) is 22.3 Å². The Morgan fingerprint density at radius 1 is 1.24 bits per heavy atom. The summed E-state index contributed by atoms with van der Waals surface area (Å²) < 4.78 is 13.1. The molecule has 1 aliphatic carbocycles. The zero-order chi connectivity index (χ0) is 14.0. The first-order chi connectivity index (χ1) is 9.70. The monoisotopic (exact) mass is 403 g/mol. The Kier molecular flexibility index (Phi) is 5.46. The van der Waals surface area contributed by atoms with Gasteiger partial charge in [0.2, 0.25) is 0 Å². The van der Waals surface area contributed by atoms with Crippen molar-refractivity contribution in [3.8, 4) is 0 Å². The summed E-state index contributed by atoms with van der Waals surface area (Å²) >= 11 is 0. The Hall–Kier alpha value is -0.850. The lowest BCUT2D eigenvalue weighted by molar-refractivity contribution is 0.421. The molecule has 0 saturated heterocycles. The molecular weight excluding hydrogens is 380 g/mol. The second-order valence-corrected chi connectivity index (χ2v) is 5.97. The first-order valence-electron chi connectivity index (χ1n) is 7.45. The third kappa shape index (κ3) is 3.49. The molecule has 21 heavy (non-hydrogen) atoms. The van der Waals surface area contributed by atoms with Crippen molar-refractivity contribution < 1.29 is 4.39 Å². The first-order valence-corrected chi connectivity index (χ1v) is 7.45. The van der Waals surface area contributed by atoms with E-state index in [9.17, 15) is 4.39 Å². The largest absolute Gasteiger partial charge is 0.355 e. The van der Waals surface area contributed by atoms with E-state index < -0.39 is 0 Å². The molecule has 1 heterocycles. The summed E-state index contributed by atoms with van der Waals surface area (Å²) in [7, 11) is 2.07. The Labute approximate surface area is 143 Å². The Morgan fingerprint density at radius 2 is 1.90 bits per heavy atom. The van der Waals surface area contributed by atoms with Gasteiger partial charge in [-0.2, -0.15) is 0 Å². The van der Waals surface area contributed by atoms with Crippen LogP contribution in [-0.4, -0.2) is 37.5 Å². The van der Waals surface area contributed by atoms with Gasteiger partial charge < -0.3 is 10.2 Å². The fourth-order valence-electron chi connectivity index (χ4n) is 3.39. The van der Waals surface area contributed by atoms with Crippen LogP contribution in [0.1, 0.15) is 31.2 Å². The summed E-state index contributed by atoms with van der Waals surface area (Å²) in [5.41, 5.74) is 1.39. The van der Waals surface area contributed by atoms with E-state index in [0.29, 0.717) is 0 Å². The molecule has 0 bridgehead atoms. The average molecular weight is 403 g/mol. The van der Waals surface area contributed by atoms with Gasteiger partial charge >= 0.3 is 0 Å². The van der Waals surface area contributed by atoms with Gasteiger partial charge in [0.1, 0.15) is 5.82 Å². The van der Waals surface area contributed by atoms with E-state index in [0.717, 1.165) is 25.6 Å². The van der Waals surface area contributed by atoms with Crippen molar-refractivity contribution >= 4 is 29.9 Å². The van der Waals surface area contributed by atoms with Crippen molar-refractivity contribution in [3.63, 3.8) is 0 Å². The van der Waals surface area contributed by atoms with Gasteiger partial charge in [-0.3, -0.25) is 4.99 Å². The third-order valence-corrected chi connectivity index (χ3v) is 4.66. The van der Waals surface area contributed by atoms with Gasteiger partial charge in [0.15, 0.2) is 5.96 Å². The van der Waals surface area contributed by atoms with Gasteiger partial charge in [-0.05, 0) is 30.5 Å². The molecular formula is C16H23FIN3. The molecule has 116 valence electrons. The second kappa shape index (κ2) is 6.94. The van der Waals surface area contributed by atoms with Gasteiger partial charge in [-0.25, -0.2) is 4.39 Å². The van der Waals surface area contributed by atoms with E-state index in [1.807, 2.05) is 12.1 Å². The number of nitrogens with one attached hydrogen (secondary N) is 1. The average Bonchev–Trinajstić information content (AvgIpc) is 3.07. The van der Waals surface area contributed by atoms with Gasteiger partial charge in [0.05, 0.1) is 6.54 Å². The number of hydrogen-bond donors (Lipinski definition) is 1. The number of hydrogen-bond acceptors (Lipinski definition) is 3. The van der Waals surface area contributed by atoms with Gasteiger partial charge in [-0.15, -0.1) is 24.0 Å². The van der Waals surface area contributed by atoms with Crippen molar-refractivity contribution in [1.82, 2.24) is 10.2 Å². The topological polar surface area (TPSA) is 27.6 Å². The SMILES string of the molecule is CN1CCN=C1NCC1(c2ccc(F)cc2)CCCC1.I. The maximum absolute atomic E-state index is 13.1. The summed E-state index contributed by atoms with van der Waals surface area (Å²) in [5, 5.41) is 3.51. The van der Waals surface area contributed by atoms with E-state index in [1.54, 1.807) is 12.1 Å². The minimum atomic E-state index is -0.158. The summed E-state index contributed by atoms with van der Waals surface area (Å²) in [6.07, 6.45) is 4.84. The maximum atomic E-state index is 13.1. The fourth-order valence-corrected chi connectivity index (χ4v) is 3.39. The highest BCUT2D eigenvalue weighted by atomic mass is 127. The van der Waals surface area contributed by atoms with Crippen molar-refractivity contribution in [1.29, 1.82) is 0 Å². The molecule has 0 atom stereocenters. The van der Waals surface area contributed by atoms with Gasteiger partial charge in [0.25, 0.3) is 0 Å². The molecule has 1 aromatic rings. The lowest BCUT2D eigenvalue weighted by atomic mass is 9.79. The lowest BCUT2D eigenvalue weighted by Crippen LogP contribution is -2.43. The molecule has 0 amide bonds. The minimum Gasteiger partial charge on any atom is -0.355 e. The summed E-state index contributed by atoms with van der Waals surface area (Å²) in [5.74, 6) is 0.841. The van der Waals surface area contributed by atoms with Crippen LogP contribution in [0.4, 0.5) is 4.39 Å². The smallest absolute Gasteiger partial charge is 0.193 e. The maximum Gasteiger partial charge on any atom is 0.193 e. The van der Waals surface area contributed by atoms with Crippen LogP contribution in [0.5, 0.6) is 0 Å². The van der Waals surface area contributed by atoms with Crippen molar-refractivity contribution in [3.05, 3.63) is 35.6 Å². The highest BCUT2D eigenvalue weighted by Crippen LogP contribution is 2.40. The van der Waals surface area contributed by atoms with Crippen LogP contribution in [0.3, 0.4) is 0 Å². The van der Waals surface area contributed by atoms with E-state index in [4.69, 9.17) is 0 Å². The number of halogens is 2. The van der Waals surface area contributed by atoms with Crippen LogP contribution in [0, 0.1) is 5.82 Å². The summed E-state index contributed by atoms with van der Waals surface area (Å²) in [6, 6.07) is 7.05. The molecule has 0 radical (unpaired) electrons. The predicted octanol–water partition coefficient (Wildman–Crippen LogP) is 3.15.